The van der Waals surface area contributed by atoms with Gasteiger partial charge in [0.25, 0.3) is 0 Å². The second-order valence-electron chi connectivity index (χ2n) is 14.6. The number of hydrogen-bond donors (Lipinski definition) is 0. The van der Waals surface area contributed by atoms with Crippen molar-refractivity contribution in [2.24, 2.45) is 7.05 Å². The fourth-order valence-electron chi connectivity index (χ4n) is 7.18. The molecule has 0 radical (unpaired) electrons. The number of fused-ring (bicyclic) bond motifs is 1. The number of aryl methyl sites for hydroxylation is 1. The maximum Gasteiger partial charge on any atom is 0.220 e. The zero-order valence-corrected chi connectivity index (χ0v) is 29.1. The molecule has 0 fully saturated rings. The second-order valence-corrected chi connectivity index (χ2v) is 18.4. The van der Waals surface area contributed by atoms with Gasteiger partial charge in [-0.1, -0.05) is 151 Å². The fourth-order valence-corrected chi connectivity index (χ4v) is 12.0. The third kappa shape index (κ3) is 5.46. The van der Waals surface area contributed by atoms with E-state index in [0.29, 0.717) is 0 Å². The molecule has 2 heteroatoms. The lowest BCUT2D eigenvalue weighted by molar-refractivity contribution is -0.659. The molecule has 0 saturated carbocycles. The summed E-state index contributed by atoms with van der Waals surface area (Å²) in [5.74, 6) is 0. The normalized spacial score (nSPS) is 12.4. The molecule has 45 heavy (non-hydrogen) atoms. The Morgan fingerprint density at radius 1 is 0.533 bits per heavy atom. The van der Waals surface area contributed by atoms with Crippen molar-refractivity contribution in [2.45, 2.75) is 59.3 Å². The first-order chi connectivity index (χ1) is 21.4. The predicted octanol–water partition coefficient (Wildman–Crippen LogP) is 7.61. The molecule has 226 valence electrons. The van der Waals surface area contributed by atoms with E-state index in [1.54, 1.807) is 0 Å². The maximum absolute atomic E-state index is 2.61. The number of nitrogens with zero attached hydrogens (tertiary/aromatic N) is 1. The Labute approximate surface area is 271 Å². The van der Waals surface area contributed by atoms with E-state index in [-0.39, 0.29) is 10.8 Å². The molecule has 0 amide bonds. The first-order valence-corrected chi connectivity index (χ1v) is 18.2. The van der Waals surface area contributed by atoms with E-state index >= 15 is 0 Å². The highest BCUT2D eigenvalue weighted by Gasteiger charge is 2.41. The highest BCUT2D eigenvalue weighted by atomic mass is 28.3. The summed E-state index contributed by atoms with van der Waals surface area (Å²) in [5.41, 5.74) is 6.86. The van der Waals surface area contributed by atoms with Gasteiger partial charge in [0, 0.05) is 6.07 Å². The van der Waals surface area contributed by atoms with Crippen LogP contribution in [0.3, 0.4) is 0 Å². The van der Waals surface area contributed by atoms with Crippen LogP contribution < -0.4 is 25.3 Å². The van der Waals surface area contributed by atoms with Gasteiger partial charge in [-0.2, -0.15) is 0 Å². The molecule has 1 heterocycles. The molecular formula is C43H46NSi+. The molecule has 0 saturated heterocycles. The number of aromatic nitrogens is 1. The molecule has 0 N–H and O–H groups in total. The van der Waals surface area contributed by atoms with Gasteiger partial charge in [0.1, 0.15) is 7.05 Å². The Morgan fingerprint density at radius 3 is 1.51 bits per heavy atom. The van der Waals surface area contributed by atoms with Gasteiger partial charge in [-0.3, -0.25) is 0 Å². The van der Waals surface area contributed by atoms with Gasteiger partial charge in [0.2, 0.25) is 5.69 Å². The standard InChI is InChI=1S/C43H46NSi/c1-31-39(29-33(42(2,3)4)30-40(31)43(5,6)7)41-38-25-24-37(28-32(38)26-27-44(41)8)45(34-18-12-9-13-19-34,35-20-14-10-15-21-35)36-22-16-11-17-23-36/h9-30H,1-8H3/q+1. The minimum Gasteiger partial charge on any atom is -0.200 e. The fraction of sp³-hybridized carbons (Fsp3) is 0.233. The minimum atomic E-state index is -2.61. The summed E-state index contributed by atoms with van der Waals surface area (Å²) in [6.45, 7) is 16.3. The van der Waals surface area contributed by atoms with E-state index in [4.69, 9.17) is 0 Å². The third-order valence-corrected chi connectivity index (χ3v) is 14.3. The molecule has 1 aromatic heterocycles. The summed E-state index contributed by atoms with van der Waals surface area (Å²) in [6, 6.07) is 48.1. The SMILES string of the molecule is Cc1c(-c2c3ccc([Si](c4ccccc4)(c4ccccc4)c4ccccc4)cc3cc[n+]2C)cc(C(C)(C)C)cc1C(C)(C)C. The van der Waals surface area contributed by atoms with E-state index in [2.05, 4.69) is 194 Å². The van der Waals surface area contributed by atoms with Crippen LogP contribution in [0.2, 0.25) is 0 Å². The Bertz CT molecular complexity index is 1860. The number of pyridine rings is 1. The molecule has 0 bridgehead atoms. The highest BCUT2D eigenvalue weighted by Crippen LogP contribution is 2.38. The molecule has 0 unspecified atom stereocenters. The monoisotopic (exact) mass is 604 g/mol. The van der Waals surface area contributed by atoms with Crippen molar-refractivity contribution in [3.8, 4) is 11.3 Å². The molecule has 0 spiro atoms. The second kappa shape index (κ2) is 11.6. The predicted molar refractivity (Wildman–Crippen MR) is 196 cm³/mol. The summed E-state index contributed by atoms with van der Waals surface area (Å²) in [7, 11) is -0.419. The number of hydrogen-bond acceptors (Lipinski definition) is 0. The highest BCUT2D eigenvalue weighted by molar-refractivity contribution is 7.20. The smallest absolute Gasteiger partial charge is 0.200 e. The molecule has 1 nitrogen and oxygen atoms in total. The zero-order valence-electron chi connectivity index (χ0n) is 28.1. The van der Waals surface area contributed by atoms with Crippen LogP contribution in [-0.2, 0) is 17.9 Å². The van der Waals surface area contributed by atoms with Crippen molar-refractivity contribution in [3.05, 3.63) is 150 Å². The summed E-state index contributed by atoms with van der Waals surface area (Å²) < 4.78 is 2.32. The van der Waals surface area contributed by atoms with Crippen molar-refractivity contribution in [3.63, 3.8) is 0 Å². The number of benzene rings is 5. The molecule has 6 aromatic rings. The van der Waals surface area contributed by atoms with Crippen molar-refractivity contribution in [2.75, 3.05) is 0 Å². The summed E-state index contributed by atoms with van der Waals surface area (Å²) in [6.07, 6.45) is 2.25. The molecule has 0 atom stereocenters. The van der Waals surface area contributed by atoms with E-state index in [1.165, 1.54) is 59.5 Å². The quantitative estimate of drug-likeness (QED) is 0.108. The Morgan fingerprint density at radius 2 is 1.04 bits per heavy atom. The minimum absolute atomic E-state index is 0.0443. The first-order valence-electron chi connectivity index (χ1n) is 16.2. The van der Waals surface area contributed by atoms with Crippen LogP contribution in [0.5, 0.6) is 0 Å². The van der Waals surface area contributed by atoms with E-state index in [0.717, 1.165) is 0 Å². The molecule has 0 aliphatic heterocycles. The van der Waals surface area contributed by atoms with E-state index < -0.39 is 8.07 Å². The zero-order chi connectivity index (χ0) is 32.0. The number of rotatable bonds is 5. The largest absolute Gasteiger partial charge is 0.220 e. The lowest BCUT2D eigenvalue weighted by atomic mass is 9.76. The van der Waals surface area contributed by atoms with Gasteiger partial charge in [-0.25, -0.2) is 4.57 Å². The average molecular weight is 605 g/mol. The first kappa shape index (κ1) is 30.7. The van der Waals surface area contributed by atoms with Crippen molar-refractivity contribution in [1.82, 2.24) is 0 Å². The van der Waals surface area contributed by atoms with Gasteiger partial charge < -0.3 is 0 Å². The van der Waals surface area contributed by atoms with Crippen LogP contribution in [0, 0.1) is 6.92 Å². The topological polar surface area (TPSA) is 3.88 Å². The van der Waals surface area contributed by atoms with Crippen molar-refractivity contribution < 1.29 is 4.57 Å². The summed E-state index contributed by atoms with van der Waals surface area (Å²) in [5, 5.41) is 8.15. The van der Waals surface area contributed by atoms with Crippen LogP contribution in [0.1, 0.15) is 58.2 Å². The van der Waals surface area contributed by atoms with Crippen LogP contribution in [0.25, 0.3) is 22.0 Å². The Hall–Kier alpha value is -4.27. The van der Waals surface area contributed by atoms with E-state index in [9.17, 15) is 0 Å². The Balaban J connectivity index is 1.68. The lowest BCUT2D eigenvalue weighted by Gasteiger charge is -2.34. The van der Waals surface area contributed by atoms with Crippen LogP contribution in [0.15, 0.2) is 134 Å². The van der Waals surface area contributed by atoms with E-state index in [1.807, 2.05) is 0 Å². The lowest BCUT2D eigenvalue weighted by Crippen LogP contribution is -2.74. The van der Waals surface area contributed by atoms with Gasteiger partial charge in [-0.15, -0.1) is 0 Å². The van der Waals surface area contributed by atoms with Crippen LogP contribution >= 0.6 is 0 Å². The molecule has 0 aliphatic rings. The Kier molecular flexibility index (Phi) is 7.91. The molecule has 5 aromatic carbocycles. The maximum atomic E-state index is 2.49. The van der Waals surface area contributed by atoms with Gasteiger partial charge in [-0.05, 0) is 72.7 Å². The van der Waals surface area contributed by atoms with Gasteiger partial charge in [0.05, 0.1) is 10.9 Å². The molecular weight excluding hydrogens is 559 g/mol. The average Bonchev–Trinajstić information content (AvgIpc) is 3.02. The van der Waals surface area contributed by atoms with Gasteiger partial charge in [0.15, 0.2) is 14.3 Å². The summed E-state index contributed by atoms with van der Waals surface area (Å²) in [4.78, 5) is 0. The molecule has 6 rings (SSSR count). The third-order valence-electron chi connectivity index (χ3n) is 9.53. The van der Waals surface area contributed by atoms with Crippen LogP contribution in [0.4, 0.5) is 0 Å². The van der Waals surface area contributed by atoms with Gasteiger partial charge >= 0.3 is 0 Å². The van der Waals surface area contributed by atoms with Crippen molar-refractivity contribution in [1.29, 1.82) is 0 Å². The van der Waals surface area contributed by atoms with Crippen molar-refractivity contribution >= 4 is 39.6 Å². The molecule has 0 aliphatic carbocycles. The van der Waals surface area contributed by atoms with Crippen LogP contribution in [-0.4, -0.2) is 8.07 Å². The summed E-state index contributed by atoms with van der Waals surface area (Å²) >= 11 is 0.